The molecule has 1 aliphatic rings. The first kappa shape index (κ1) is 22.9. The first-order valence-corrected chi connectivity index (χ1v) is 11.4. The Morgan fingerprint density at radius 2 is 2.05 bits per heavy atom. The first-order valence-electron chi connectivity index (χ1n) is 11.4. The average molecular weight is 505 g/mol. The highest BCUT2D eigenvalue weighted by atomic mass is 16.6. The zero-order chi connectivity index (χ0) is 25.8. The van der Waals surface area contributed by atoms with Crippen LogP contribution in [-0.4, -0.2) is 75.8 Å². The second-order valence-electron chi connectivity index (χ2n) is 8.77. The van der Waals surface area contributed by atoms with Crippen LogP contribution >= 0.6 is 0 Å². The van der Waals surface area contributed by atoms with Crippen LogP contribution in [-0.2, 0) is 16.6 Å². The Labute approximate surface area is 209 Å². The Morgan fingerprint density at radius 3 is 2.81 bits per heavy atom. The number of ether oxygens (including phenoxy) is 1. The molecule has 1 amide bonds. The van der Waals surface area contributed by atoms with Gasteiger partial charge in [0.1, 0.15) is 30.0 Å². The molecule has 4 atom stereocenters. The van der Waals surface area contributed by atoms with Gasteiger partial charge in [0.25, 0.3) is 5.91 Å². The molecule has 0 spiro atoms. The Hall–Kier alpha value is -4.53. The molecule has 14 heteroatoms. The molecule has 5 aromatic rings. The molecule has 7 N–H and O–H groups in total. The van der Waals surface area contributed by atoms with Gasteiger partial charge in [0.05, 0.1) is 22.1 Å². The number of carbonyl (C=O) groups excluding carboxylic acids is 1. The predicted molar refractivity (Wildman–Crippen MR) is 134 cm³/mol. The van der Waals surface area contributed by atoms with Crippen molar-refractivity contribution in [3.63, 3.8) is 0 Å². The van der Waals surface area contributed by atoms with Crippen LogP contribution in [0.4, 0.5) is 17.5 Å². The second kappa shape index (κ2) is 8.55. The minimum atomic E-state index is -1.49. The van der Waals surface area contributed by atoms with E-state index >= 15 is 0 Å². The van der Waals surface area contributed by atoms with E-state index in [1.54, 1.807) is 55.4 Å². The Morgan fingerprint density at radius 1 is 1.22 bits per heavy atom. The second-order valence-corrected chi connectivity index (χ2v) is 8.77. The zero-order valence-electron chi connectivity index (χ0n) is 19.8. The number of aliphatic hydroxyl groups is 2. The number of anilines is 3. The summed E-state index contributed by atoms with van der Waals surface area (Å²) >= 11 is 0. The van der Waals surface area contributed by atoms with E-state index in [2.05, 4.69) is 35.7 Å². The van der Waals surface area contributed by atoms with Gasteiger partial charge in [-0.15, -0.1) is 0 Å². The number of aromatic nitrogens is 7. The number of benzene rings is 1. The number of amides is 1. The number of nitrogens with zero attached hydrogens (tertiary/aromatic N) is 6. The van der Waals surface area contributed by atoms with E-state index in [0.29, 0.717) is 39.4 Å². The summed E-state index contributed by atoms with van der Waals surface area (Å²) in [5, 5.41) is 32.3. The zero-order valence-corrected chi connectivity index (χ0v) is 19.8. The molecule has 1 saturated heterocycles. The topological polar surface area (TPSA) is 194 Å². The highest BCUT2D eigenvalue weighted by molar-refractivity contribution is 6.00. The molecule has 0 saturated carbocycles. The number of nitrogens with two attached hydrogens (primary N) is 1. The van der Waals surface area contributed by atoms with Crippen molar-refractivity contribution in [2.75, 3.05) is 23.4 Å². The summed E-state index contributed by atoms with van der Waals surface area (Å²) in [6, 6.07) is 6.96. The fraction of sp³-hybridized carbons (Fsp3) is 0.261. The Kier molecular flexibility index (Phi) is 5.29. The molecule has 190 valence electrons. The standard InChI is InChI=1S/C23H24N10O4/c1-25-23-29-13-4-3-10(7-14(13)30-23)28-21(36)18-16(34)17(35)22(37-18)33-8-11(12-5-6-32(2)31-12)15-19(24)26-9-27-20(15)33/h3-9,16-18,22,34-35H,1-2H3,(H,28,36)(H2,24,26,27)(H2,25,29,30)/t16-,17+,18-,22+/m0/s1. The van der Waals surface area contributed by atoms with Gasteiger partial charge in [-0.25, -0.2) is 15.0 Å². The third-order valence-corrected chi connectivity index (χ3v) is 6.39. The SMILES string of the molecule is CNc1nc2ccc(NC(=O)[C@H]3O[C@@H](n4cc(-c5ccn(C)n5)c5c(N)ncnc54)[C@H](O)[C@@H]3O)cc2[nH]1. The fourth-order valence-electron chi connectivity index (χ4n) is 4.58. The molecule has 0 aliphatic carbocycles. The lowest BCUT2D eigenvalue weighted by Gasteiger charge is -2.17. The van der Waals surface area contributed by atoms with Crippen LogP contribution in [0, 0.1) is 0 Å². The minimum Gasteiger partial charge on any atom is -0.387 e. The van der Waals surface area contributed by atoms with Crippen molar-refractivity contribution < 1.29 is 19.7 Å². The summed E-state index contributed by atoms with van der Waals surface area (Å²) in [6.07, 6.45) is -0.634. The Bertz CT molecular complexity index is 1640. The van der Waals surface area contributed by atoms with E-state index in [9.17, 15) is 15.0 Å². The first-order chi connectivity index (χ1) is 17.8. The normalized spacial score (nSPS) is 21.6. The highest BCUT2D eigenvalue weighted by Crippen LogP contribution is 2.38. The number of aliphatic hydroxyl groups excluding tert-OH is 2. The van der Waals surface area contributed by atoms with Crippen molar-refractivity contribution in [2.45, 2.75) is 24.5 Å². The average Bonchev–Trinajstić information content (AvgIpc) is 3.64. The number of nitrogens with one attached hydrogen (secondary N) is 3. The van der Waals surface area contributed by atoms with Crippen LogP contribution in [0.1, 0.15) is 6.23 Å². The van der Waals surface area contributed by atoms with Gasteiger partial charge < -0.3 is 40.9 Å². The van der Waals surface area contributed by atoms with Crippen LogP contribution in [0.5, 0.6) is 0 Å². The van der Waals surface area contributed by atoms with Crippen LogP contribution in [0.15, 0.2) is 43.0 Å². The minimum absolute atomic E-state index is 0.224. The molecule has 4 aromatic heterocycles. The number of aryl methyl sites for hydroxylation is 1. The number of fused-ring (bicyclic) bond motifs is 2. The summed E-state index contributed by atoms with van der Waals surface area (Å²) < 4.78 is 9.09. The van der Waals surface area contributed by atoms with Crippen molar-refractivity contribution >= 4 is 45.4 Å². The lowest BCUT2D eigenvalue weighted by Crippen LogP contribution is -2.39. The summed E-state index contributed by atoms with van der Waals surface area (Å²) in [7, 11) is 3.53. The molecular formula is C23H24N10O4. The number of nitrogen functional groups attached to an aromatic ring is 1. The summed E-state index contributed by atoms with van der Waals surface area (Å²) in [6.45, 7) is 0. The lowest BCUT2D eigenvalue weighted by molar-refractivity contribution is -0.132. The maximum atomic E-state index is 13.1. The van der Waals surface area contributed by atoms with Gasteiger partial charge in [-0.05, 0) is 24.3 Å². The van der Waals surface area contributed by atoms with Gasteiger partial charge in [0, 0.05) is 37.7 Å². The third-order valence-electron chi connectivity index (χ3n) is 6.39. The fourth-order valence-corrected chi connectivity index (χ4v) is 4.58. The van der Waals surface area contributed by atoms with E-state index in [4.69, 9.17) is 10.5 Å². The molecule has 0 unspecified atom stereocenters. The van der Waals surface area contributed by atoms with Crippen molar-refractivity contribution in [1.82, 2.24) is 34.3 Å². The maximum absolute atomic E-state index is 13.1. The lowest BCUT2D eigenvalue weighted by atomic mass is 10.1. The number of H-pyrrole nitrogens is 1. The van der Waals surface area contributed by atoms with Crippen LogP contribution in [0.3, 0.4) is 0 Å². The summed E-state index contributed by atoms with van der Waals surface area (Å²) in [4.78, 5) is 28.9. The summed E-state index contributed by atoms with van der Waals surface area (Å²) in [5.41, 5.74) is 9.68. The molecule has 5 heterocycles. The van der Waals surface area contributed by atoms with Crippen LogP contribution < -0.4 is 16.4 Å². The monoisotopic (exact) mass is 504 g/mol. The molecule has 0 radical (unpaired) electrons. The molecule has 1 aliphatic heterocycles. The van der Waals surface area contributed by atoms with Gasteiger partial charge in [0.15, 0.2) is 12.3 Å². The molecular weight excluding hydrogens is 480 g/mol. The quantitative estimate of drug-likeness (QED) is 0.197. The van der Waals surface area contributed by atoms with E-state index in [0.717, 1.165) is 5.52 Å². The highest BCUT2D eigenvalue weighted by Gasteiger charge is 2.48. The van der Waals surface area contributed by atoms with E-state index in [1.165, 1.54) is 10.9 Å². The number of rotatable bonds is 5. The van der Waals surface area contributed by atoms with Crippen molar-refractivity contribution in [3.8, 4) is 11.3 Å². The smallest absolute Gasteiger partial charge is 0.256 e. The van der Waals surface area contributed by atoms with Crippen molar-refractivity contribution in [3.05, 3.63) is 43.0 Å². The molecule has 1 aromatic carbocycles. The van der Waals surface area contributed by atoms with Crippen LogP contribution in [0.2, 0.25) is 0 Å². The third kappa shape index (κ3) is 3.74. The van der Waals surface area contributed by atoms with E-state index in [-0.39, 0.29) is 5.82 Å². The number of carbonyl (C=O) groups is 1. The predicted octanol–water partition coefficient (Wildman–Crippen LogP) is 0.590. The number of hydrogen-bond acceptors (Lipinski definition) is 10. The molecule has 0 bridgehead atoms. The molecule has 1 fully saturated rings. The molecule has 6 rings (SSSR count). The molecule has 14 nitrogen and oxygen atoms in total. The van der Waals surface area contributed by atoms with Crippen molar-refractivity contribution in [2.24, 2.45) is 7.05 Å². The Balaban J connectivity index is 1.30. The van der Waals surface area contributed by atoms with Crippen molar-refractivity contribution in [1.29, 1.82) is 0 Å². The van der Waals surface area contributed by atoms with Gasteiger partial charge in [-0.3, -0.25) is 9.48 Å². The van der Waals surface area contributed by atoms with Crippen LogP contribution in [0.25, 0.3) is 33.3 Å². The molecule has 37 heavy (non-hydrogen) atoms. The maximum Gasteiger partial charge on any atom is 0.256 e. The van der Waals surface area contributed by atoms with Gasteiger partial charge in [-0.1, -0.05) is 0 Å². The van der Waals surface area contributed by atoms with Gasteiger partial charge in [-0.2, -0.15) is 5.10 Å². The summed E-state index contributed by atoms with van der Waals surface area (Å²) in [5.74, 6) is 0.201. The number of aromatic amines is 1. The van der Waals surface area contributed by atoms with E-state index < -0.39 is 30.4 Å². The largest absolute Gasteiger partial charge is 0.387 e. The van der Waals surface area contributed by atoms with Gasteiger partial charge >= 0.3 is 0 Å². The number of imidazole rings is 1. The van der Waals surface area contributed by atoms with E-state index in [1.807, 2.05) is 0 Å². The van der Waals surface area contributed by atoms with Gasteiger partial charge in [0.2, 0.25) is 5.95 Å². The number of hydrogen-bond donors (Lipinski definition) is 6.